The van der Waals surface area contributed by atoms with E-state index in [9.17, 15) is 4.79 Å². The molecule has 0 radical (unpaired) electrons. The first-order valence-corrected chi connectivity index (χ1v) is 9.97. The predicted octanol–water partition coefficient (Wildman–Crippen LogP) is 4.50. The number of carbonyl (C=O) groups is 1. The smallest absolute Gasteiger partial charge is 0.275 e. The van der Waals surface area contributed by atoms with Crippen molar-refractivity contribution in [1.29, 1.82) is 0 Å². The van der Waals surface area contributed by atoms with Crippen molar-refractivity contribution in [2.75, 3.05) is 29.9 Å². The maximum absolute atomic E-state index is 12.4. The number of nitrogens with one attached hydrogen (secondary N) is 1. The van der Waals surface area contributed by atoms with Crippen LogP contribution in [0.4, 0.5) is 5.69 Å². The van der Waals surface area contributed by atoms with E-state index in [0.717, 1.165) is 30.9 Å². The number of halogens is 2. The number of pyridine rings is 1. The van der Waals surface area contributed by atoms with E-state index in [4.69, 9.17) is 23.2 Å². The number of nitrogens with zero attached hydrogens (tertiary/aromatic N) is 2. The van der Waals surface area contributed by atoms with Crippen LogP contribution in [0.15, 0.2) is 30.3 Å². The molecule has 1 fully saturated rings. The number of aromatic nitrogens is 1. The Morgan fingerprint density at radius 2 is 2.00 bits per heavy atom. The van der Waals surface area contributed by atoms with E-state index in [0.29, 0.717) is 0 Å². The Morgan fingerprint density at radius 3 is 2.72 bits per heavy atom. The fourth-order valence-electron chi connectivity index (χ4n) is 2.74. The summed E-state index contributed by atoms with van der Waals surface area (Å²) < 4.78 is 0. The van der Waals surface area contributed by atoms with Gasteiger partial charge in [-0.05, 0) is 36.2 Å². The van der Waals surface area contributed by atoms with Gasteiger partial charge in [-0.1, -0.05) is 35.3 Å². The van der Waals surface area contributed by atoms with Crippen molar-refractivity contribution in [2.24, 2.45) is 0 Å². The second-order valence-corrected chi connectivity index (χ2v) is 7.98. The molecule has 1 aromatic heterocycles. The van der Waals surface area contributed by atoms with Crippen molar-refractivity contribution >= 4 is 46.6 Å². The van der Waals surface area contributed by atoms with Crippen LogP contribution in [-0.4, -0.2) is 40.4 Å². The van der Waals surface area contributed by atoms with Crippen LogP contribution in [0.25, 0.3) is 0 Å². The molecule has 2 aromatic rings. The molecule has 1 aromatic carbocycles. The highest BCUT2D eigenvalue weighted by Gasteiger charge is 2.15. The molecule has 7 heteroatoms. The summed E-state index contributed by atoms with van der Waals surface area (Å²) in [4.78, 5) is 18.9. The van der Waals surface area contributed by atoms with Gasteiger partial charge >= 0.3 is 0 Å². The Morgan fingerprint density at radius 1 is 1.24 bits per heavy atom. The molecule has 2 heterocycles. The Labute approximate surface area is 161 Å². The first-order chi connectivity index (χ1) is 12.0. The monoisotopic (exact) mass is 395 g/mol. The molecule has 0 spiro atoms. The van der Waals surface area contributed by atoms with Gasteiger partial charge in [-0.2, -0.15) is 11.8 Å². The van der Waals surface area contributed by atoms with E-state index >= 15 is 0 Å². The number of thioether (sulfide) groups is 1. The number of anilines is 1. The van der Waals surface area contributed by atoms with Gasteiger partial charge in [-0.15, -0.1) is 0 Å². The summed E-state index contributed by atoms with van der Waals surface area (Å²) >= 11 is 13.9. The summed E-state index contributed by atoms with van der Waals surface area (Å²) in [6.45, 7) is 5.18. The van der Waals surface area contributed by atoms with Crippen LogP contribution in [0.1, 0.15) is 21.6 Å². The van der Waals surface area contributed by atoms with Crippen LogP contribution in [0.3, 0.4) is 0 Å². The maximum Gasteiger partial charge on any atom is 0.275 e. The largest absolute Gasteiger partial charge is 0.320 e. The molecule has 1 amide bonds. The molecule has 0 atom stereocenters. The maximum atomic E-state index is 12.4. The normalized spacial score (nSPS) is 15.2. The summed E-state index contributed by atoms with van der Waals surface area (Å²) in [6.07, 6.45) is 0. The van der Waals surface area contributed by atoms with E-state index < -0.39 is 0 Å². The highest BCUT2D eigenvalue weighted by atomic mass is 35.5. The molecule has 132 valence electrons. The fourth-order valence-corrected chi connectivity index (χ4v) is 4.06. The number of hydrogen-bond acceptors (Lipinski definition) is 4. The molecular weight excluding hydrogens is 377 g/mol. The predicted molar refractivity (Wildman–Crippen MR) is 106 cm³/mol. The standard InChI is InChI=1S/C18H19Cl2N3OS/c1-12-10-13(11-23-6-8-25-9-7-23)2-4-15(12)21-18(24)17-14(19)3-5-16(20)22-17/h2-5,10H,6-9,11H2,1H3,(H,21,24). The van der Waals surface area contributed by atoms with Gasteiger partial charge in [0.2, 0.25) is 0 Å². The quantitative estimate of drug-likeness (QED) is 0.774. The van der Waals surface area contributed by atoms with Gasteiger partial charge in [-0.25, -0.2) is 4.98 Å². The number of carbonyl (C=O) groups excluding carboxylic acids is 1. The summed E-state index contributed by atoms with van der Waals surface area (Å²) in [7, 11) is 0. The van der Waals surface area contributed by atoms with Gasteiger partial charge in [0.25, 0.3) is 5.91 Å². The molecule has 0 bridgehead atoms. The average molecular weight is 396 g/mol. The molecule has 1 aliphatic heterocycles. The molecule has 0 saturated carbocycles. The third kappa shape index (κ3) is 4.88. The lowest BCUT2D eigenvalue weighted by molar-refractivity contribution is 0.102. The van der Waals surface area contributed by atoms with Crippen molar-refractivity contribution in [3.8, 4) is 0 Å². The summed E-state index contributed by atoms with van der Waals surface area (Å²) in [5, 5.41) is 3.38. The molecule has 3 rings (SSSR count). The second-order valence-electron chi connectivity index (χ2n) is 5.96. The van der Waals surface area contributed by atoms with E-state index in [1.54, 1.807) is 12.1 Å². The first-order valence-electron chi connectivity index (χ1n) is 8.06. The number of hydrogen-bond donors (Lipinski definition) is 1. The fraction of sp³-hybridized carbons (Fsp3) is 0.333. The molecule has 1 saturated heterocycles. The van der Waals surface area contributed by atoms with Crippen LogP contribution in [0.2, 0.25) is 10.2 Å². The highest BCUT2D eigenvalue weighted by molar-refractivity contribution is 7.99. The molecule has 25 heavy (non-hydrogen) atoms. The Kier molecular flexibility index (Phi) is 6.23. The molecule has 1 N–H and O–H groups in total. The summed E-state index contributed by atoms with van der Waals surface area (Å²) in [5.41, 5.74) is 3.14. The zero-order valence-corrected chi connectivity index (χ0v) is 16.2. The Bertz CT molecular complexity index is 779. The molecule has 0 aliphatic carbocycles. The van der Waals surface area contributed by atoms with Crippen molar-refractivity contribution < 1.29 is 4.79 Å². The van der Waals surface area contributed by atoms with Crippen molar-refractivity contribution in [3.05, 3.63) is 57.3 Å². The minimum atomic E-state index is -0.364. The van der Waals surface area contributed by atoms with Gasteiger partial charge in [-0.3, -0.25) is 9.69 Å². The lowest BCUT2D eigenvalue weighted by Crippen LogP contribution is -2.31. The van der Waals surface area contributed by atoms with Crippen LogP contribution in [0, 0.1) is 6.92 Å². The van der Waals surface area contributed by atoms with E-state index in [2.05, 4.69) is 27.3 Å². The average Bonchev–Trinajstić information content (AvgIpc) is 2.60. The zero-order valence-electron chi connectivity index (χ0n) is 13.9. The van der Waals surface area contributed by atoms with Gasteiger partial charge in [0.15, 0.2) is 0 Å². The van der Waals surface area contributed by atoms with Gasteiger partial charge in [0.05, 0.1) is 5.02 Å². The Balaban J connectivity index is 1.70. The molecule has 0 unspecified atom stereocenters. The van der Waals surface area contributed by atoms with Crippen molar-refractivity contribution in [3.63, 3.8) is 0 Å². The van der Waals surface area contributed by atoms with Crippen LogP contribution in [-0.2, 0) is 6.54 Å². The summed E-state index contributed by atoms with van der Waals surface area (Å²) in [6, 6.07) is 9.22. The Hall–Kier alpha value is -1.27. The van der Waals surface area contributed by atoms with Crippen LogP contribution in [0.5, 0.6) is 0 Å². The van der Waals surface area contributed by atoms with Gasteiger partial charge in [0, 0.05) is 36.8 Å². The van der Waals surface area contributed by atoms with Gasteiger partial charge in [0.1, 0.15) is 10.8 Å². The lowest BCUT2D eigenvalue weighted by Gasteiger charge is -2.26. The van der Waals surface area contributed by atoms with E-state index in [-0.39, 0.29) is 21.8 Å². The van der Waals surface area contributed by atoms with E-state index in [1.807, 2.05) is 24.8 Å². The molecule has 4 nitrogen and oxygen atoms in total. The first kappa shape index (κ1) is 18.5. The van der Waals surface area contributed by atoms with Crippen LogP contribution < -0.4 is 5.32 Å². The van der Waals surface area contributed by atoms with E-state index in [1.165, 1.54) is 17.1 Å². The minimum Gasteiger partial charge on any atom is -0.320 e. The number of rotatable bonds is 4. The number of benzene rings is 1. The highest BCUT2D eigenvalue weighted by Crippen LogP contribution is 2.22. The topological polar surface area (TPSA) is 45.2 Å². The lowest BCUT2D eigenvalue weighted by atomic mass is 10.1. The van der Waals surface area contributed by atoms with Gasteiger partial charge < -0.3 is 5.32 Å². The second kappa shape index (κ2) is 8.41. The SMILES string of the molecule is Cc1cc(CN2CCSCC2)ccc1NC(=O)c1nc(Cl)ccc1Cl. The number of aryl methyl sites for hydroxylation is 1. The third-order valence-electron chi connectivity index (χ3n) is 4.08. The molecular formula is C18H19Cl2N3OS. The third-order valence-corrected chi connectivity index (χ3v) is 5.53. The van der Waals surface area contributed by atoms with Crippen molar-refractivity contribution in [1.82, 2.24) is 9.88 Å². The summed E-state index contributed by atoms with van der Waals surface area (Å²) in [5.74, 6) is 2.03. The number of amides is 1. The minimum absolute atomic E-state index is 0.128. The van der Waals surface area contributed by atoms with Crippen LogP contribution >= 0.6 is 35.0 Å². The zero-order chi connectivity index (χ0) is 17.8. The molecule has 1 aliphatic rings. The van der Waals surface area contributed by atoms with Crippen molar-refractivity contribution in [2.45, 2.75) is 13.5 Å².